The van der Waals surface area contributed by atoms with Gasteiger partial charge in [0.25, 0.3) is 0 Å². The molecule has 0 bridgehead atoms. The highest BCUT2D eigenvalue weighted by atomic mass is 16.4. The van der Waals surface area contributed by atoms with E-state index >= 15 is 0 Å². The number of carboxylic acid groups (broad SMARTS) is 2. The monoisotopic (exact) mass is 372 g/mol. The van der Waals surface area contributed by atoms with Gasteiger partial charge in [-0.05, 0) is 7.05 Å². The SMILES string of the molecule is CCC(=O)CN1CCN(C)CCN(CC(=O)O)CCN(CC(=O)O)CC1. The van der Waals surface area contributed by atoms with E-state index in [1.54, 1.807) is 0 Å². The van der Waals surface area contributed by atoms with Crippen LogP contribution in [0.3, 0.4) is 0 Å². The zero-order chi connectivity index (χ0) is 19.5. The summed E-state index contributed by atoms with van der Waals surface area (Å²) in [4.78, 5) is 41.9. The predicted octanol–water partition coefficient (Wildman–Crippen LogP) is -1.01. The van der Waals surface area contributed by atoms with Gasteiger partial charge in [0, 0.05) is 58.8 Å². The standard InChI is InChI=1S/C17H32N4O5/c1-3-15(22)12-19-6-4-18(2)5-7-20(13-16(23)24)10-11-21(9-8-19)14-17(25)26/h3-14H2,1-2H3,(H,23,24)(H,25,26). The molecular weight excluding hydrogens is 340 g/mol. The molecule has 0 atom stereocenters. The zero-order valence-corrected chi connectivity index (χ0v) is 15.9. The summed E-state index contributed by atoms with van der Waals surface area (Å²) in [5, 5.41) is 18.2. The van der Waals surface area contributed by atoms with Crippen molar-refractivity contribution >= 4 is 17.7 Å². The molecule has 0 spiro atoms. The lowest BCUT2D eigenvalue weighted by Crippen LogP contribution is -2.47. The summed E-state index contributed by atoms with van der Waals surface area (Å²) in [7, 11) is 1.99. The zero-order valence-electron chi connectivity index (χ0n) is 15.9. The van der Waals surface area contributed by atoms with Crippen molar-refractivity contribution in [3.8, 4) is 0 Å². The molecule has 1 aliphatic heterocycles. The summed E-state index contributed by atoms with van der Waals surface area (Å²) in [5.41, 5.74) is 0. The molecule has 1 rings (SSSR count). The van der Waals surface area contributed by atoms with Crippen LogP contribution in [0.1, 0.15) is 13.3 Å². The lowest BCUT2D eigenvalue weighted by Gasteiger charge is -2.32. The van der Waals surface area contributed by atoms with Gasteiger partial charge in [-0.1, -0.05) is 6.92 Å². The van der Waals surface area contributed by atoms with Crippen molar-refractivity contribution in [2.24, 2.45) is 0 Å². The quantitative estimate of drug-likeness (QED) is 0.581. The van der Waals surface area contributed by atoms with Crippen LogP contribution in [0.5, 0.6) is 0 Å². The molecule has 1 aliphatic rings. The molecule has 2 N–H and O–H groups in total. The Labute approximate surface area is 155 Å². The molecule has 1 saturated heterocycles. The van der Waals surface area contributed by atoms with Gasteiger partial charge < -0.3 is 15.1 Å². The molecule has 26 heavy (non-hydrogen) atoms. The molecule has 9 heteroatoms. The number of carbonyl (C=O) groups excluding carboxylic acids is 1. The third kappa shape index (κ3) is 9.81. The molecule has 0 radical (unpaired) electrons. The van der Waals surface area contributed by atoms with Crippen LogP contribution in [-0.2, 0) is 14.4 Å². The predicted molar refractivity (Wildman–Crippen MR) is 97.4 cm³/mol. The summed E-state index contributed by atoms with van der Waals surface area (Å²) < 4.78 is 0. The van der Waals surface area contributed by atoms with Crippen LogP contribution in [-0.4, -0.2) is 127 Å². The van der Waals surface area contributed by atoms with Crippen molar-refractivity contribution in [2.45, 2.75) is 13.3 Å². The molecule has 0 aliphatic carbocycles. The van der Waals surface area contributed by atoms with Gasteiger partial charge in [0.1, 0.15) is 5.78 Å². The average Bonchev–Trinajstić information content (AvgIpc) is 2.56. The molecule has 9 nitrogen and oxygen atoms in total. The molecule has 0 aromatic carbocycles. The van der Waals surface area contributed by atoms with Crippen molar-refractivity contribution < 1.29 is 24.6 Å². The van der Waals surface area contributed by atoms with Crippen LogP contribution in [0.25, 0.3) is 0 Å². The minimum absolute atomic E-state index is 0.0497. The Bertz CT molecular complexity index is 474. The maximum absolute atomic E-state index is 11.8. The van der Waals surface area contributed by atoms with E-state index in [1.165, 1.54) is 0 Å². The van der Waals surface area contributed by atoms with Gasteiger partial charge in [-0.2, -0.15) is 0 Å². The first-order chi connectivity index (χ1) is 12.3. The van der Waals surface area contributed by atoms with Crippen LogP contribution in [0.2, 0.25) is 0 Å². The lowest BCUT2D eigenvalue weighted by molar-refractivity contribution is -0.140. The Morgan fingerprint density at radius 3 is 1.38 bits per heavy atom. The fourth-order valence-electron chi connectivity index (χ4n) is 2.86. The second-order valence-corrected chi connectivity index (χ2v) is 6.81. The Balaban J connectivity index is 2.77. The third-order valence-electron chi connectivity index (χ3n) is 4.57. The van der Waals surface area contributed by atoms with Gasteiger partial charge >= 0.3 is 11.9 Å². The van der Waals surface area contributed by atoms with E-state index in [-0.39, 0.29) is 18.9 Å². The van der Waals surface area contributed by atoms with Gasteiger partial charge in [0.2, 0.25) is 0 Å². The van der Waals surface area contributed by atoms with E-state index in [2.05, 4.69) is 9.80 Å². The fraction of sp³-hybridized carbons (Fsp3) is 0.824. The first-order valence-electron chi connectivity index (χ1n) is 9.11. The van der Waals surface area contributed by atoms with E-state index in [0.717, 1.165) is 19.6 Å². The van der Waals surface area contributed by atoms with Crippen LogP contribution in [0.4, 0.5) is 0 Å². The van der Waals surface area contributed by atoms with Crippen molar-refractivity contribution in [1.29, 1.82) is 0 Å². The van der Waals surface area contributed by atoms with Crippen molar-refractivity contribution in [2.75, 3.05) is 79.0 Å². The molecule has 0 saturated carbocycles. The van der Waals surface area contributed by atoms with Crippen LogP contribution < -0.4 is 0 Å². The summed E-state index contributed by atoms with van der Waals surface area (Å²) >= 11 is 0. The van der Waals surface area contributed by atoms with Crippen LogP contribution in [0.15, 0.2) is 0 Å². The number of aliphatic carboxylic acids is 2. The summed E-state index contributed by atoms with van der Waals surface area (Å²) in [6.07, 6.45) is 0.495. The molecule has 1 fully saturated rings. The minimum atomic E-state index is -0.905. The number of hydrogen-bond acceptors (Lipinski definition) is 7. The van der Waals surface area contributed by atoms with E-state index < -0.39 is 11.9 Å². The van der Waals surface area contributed by atoms with Gasteiger partial charge in [0.05, 0.1) is 19.6 Å². The number of nitrogens with zero attached hydrogens (tertiary/aromatic N) is 4. The largest absolute Gasteiger partial charge is 0.480 e. The number of hydrogen-bond donors (Lipinski definition) is 2. The van der Waals surface area contributed by atoms with Gasteiger partial charge in [0.15, 0.2) is 0 Å². The Kier molecular flexibility index (Phi) is 10.3. The topological polar surface area (TPSA) is 105 Å². The number of Topliss-reactive ketones (excluding diaryl/α,β-unsaturated/α-hetero) is 1. The van der Waals surface area contributed by atoms with E-state index in [9.17, 15) is 14.4 Å². The molecule has 1 heterocycles. The van der Waals surface area contributed by atoms with Crippen LogP contribution in [0, 0.1) is 0 Å². The highest BCUT2D eigenvalue weighted by Crippen LogP contribution is 2.00. The molecule has 0 unspecified atom stereocenters. The van der Waals surface area contributed by atoms with E-state index in [0.29, 0.717) is 45.7 Å². The minimum Gasteiger partial charge on any atom is -0.480 e. The fourth-order valence-corrected chi connectivity index (χ4v) is 2.86. The van der Waals surface area contributed by atoms with Gasteiger partial charge in [-0.25, -0.2) is 0 Å². The van der Waals surface area contributed by atoms with E-state index in [1.807, 2.05) is 23.8 Å². The second-order valence-electron chi connectivity index (χ2n) is 6.81. The first-order valence-corrected chi connectivity index (χ1v) is 9.11. The lowest BCUT2D eigenvalue weighted by atomic mass is 10.2. The highest BCUT2D eigenvalue weighted by molar-refractivity contribution is 5.80. The normalized spacial score (nSPS) is 20.2. The van der Waals surface area contributed by atoms with Gasteiger partial charge in [-0.3, -0.25) is 29.1 Å². The number of ketones is 1. The molecule has 0 amide bonds. The highest BCUT2D eigenvalue weighted by Gasteiger charge is 2.18. The first kappa shape index (κ1) is 22.5. The van der Waals surface area contributed by atoms with Crippen molar-refractivity contribution in [3.63, 3.8) is 0 Å². The Hall–Kier alpha value is -1.55. The third-order valence-corrected chi connectivity index (χ3v) is 4.57. The molecular formula is C17H32N4O5. The Morgan fingerprint density at radius 1 is 0.692 bits per heavy atom. The smallest absolute Gasteiger partial charge is 0.317 e. The number of carbonyl (C=O) groups is 3. The summed E-state index contributed by atoms with van der Waals surface area (Å²) in [6.45, 7) is 7.07. The number of rotatable bonds is 7. The molecule has 0 aromatic heterocycles. The average molecular weight is 372 g/mol. The number of carboxylic acids is 2. The molecule has 150 valence electrons. The molecule has 0 aromatic rings. The second kappa shape index (κ2) is 11.9. The van der Waals surface area contributed by atoms with Crippen molar-refractivity contribution in [3.05, 3.63) is 0 Å². The maximum atomic E-state index is 11.8. The summed E-state index contributed by atoms with van der Waals surface area (Å²) in [6, 6.07) is 0. The van der Waals surface area contributed by atoms with E-state index in [4.69, 9.17) is 10.2 Å². The van der Waals surface area contributed by atoms with Crippen molar-refractivity contribution in [1.82, 2.24) is 19.6 Å². The summed E-state index contributed by atoms with van der Waals surface area (Å²) in [5.74, 6) is -1.61. The number of likely N-dealkylation sites (N-methyl/N-ethyl adjacent to an activating group) is 1. The maximum Gasteiger partial charge on any atom is 0.317 e. The van der Waals surface area contributed by atoms with Crippen LogP contribution >= 0.6 is 0 Å². The van der Waals surface area contributed by atoms with Gasteiger partial charge in [-0.15, -0.1) is 0 Å². The Morgan fingerprint density at radius 2 is 1.04 bits per heavy atom.